The Morgan fingerprint density at radius 1 is 1.13 bits per heavy atom. The highest BCUT2D eigenvalue weighted by Gasteiger charge is 2.46. The highest BCUT2D eigenvalue weighted by atomic mass is 19.1. The summed E-state index contributed by atoms with van der Waals surface area (Å²) in [5.74, 6) is -1.75. The third-order valence-electron chi connectivity index (χ3n) is 5.07. The van der Waals surface area contributed by atoms with Crippen LogP contribution in [0.25, 0.3) is 11.1 Å². The third-order valence-corrected chi connectivity index (χ3v) is 5.07. The second kappa shape index (κ2) is 9.70. The summed E-state index contributed by atoms with van der Waals surface area (Å²) < 4.78 is 23.7. The van der Waals surface area contributed by atoms with Crippen molar-refractivity contribution in [2.45, 2.75) is 32.5 Å². The molecule has 0 aliphatic carbocycles. The molecular weight excluding hydrogens is 403 g/mol. The van der Waals surface area contributed by atoms with Gasteiger partial charge in [-0.15, -0.1) is 0 Å². The van der Waals surface area contributed by atoms with Crippen molar-refractivity contribution in [2.75, 3.05) is 13.7 Å². The van der Waals surface area contributed by atoms with Crippen molar-refractivity contribution in [3.8, 4) is 11.1 Å². The zero-order chi connectivity index (χ0) is 22.5. The number of halogens is 1. The molecule has 1 aliphatic rings. The number of esters is 1. The molecule has 2 aromatic carbocycles. The van der Waals surface area contributed by atoms with E-state index < -0.39 is 30.0 Å². The molecule has 0 radical (unpaired) electrons. The van der Waals surface area contributed by atoms with Crippen LogP contribution in [0, 0.1) is 11.7 Å². The number of benzene rings is 2. The molecule has 0 saturated carbocycles. The zero-order valence-corrected chi connectivity index (χ0v) is 17.6. The molecule has 1 N–H and O–H groups in total. The summed E-state index contributed by atoms with van der Waals surface area (Å²) >= 11 is 0. The topological polar surface area (TPSA) is 84.9 Å². The molecule has 7 nitrogen and oxygen atoms in total. The predicted molar refractivity (Wildman–Crippen MR) is 111 cm³/mol. The Hall–Kier alpha value is -3.26. The Kier molecular flexibility index (Phi) is 7.02. The van der Waals surface area contributed by atoms with E-state index in [0.29, 0.717) is 0 Å². The molecule has 1 aliphatic heterocycles. The molecule has 0 bridgehead atoms. The molecule has 31 heavy (non-hydrogen) atoms. The van der Waals surface area contributed by atoms with Gasteiger partial charge in [-0.3, -0.25) is 4.79 Å². The van der Waals surface area contributed by atoms with E-state index in [-0.39, 0.29) is 24.9 Å². The molecule has 0 aromatic heterocycles. The summed E-state index contributed by atoms with van der Waals surface area (Å²) in [7, 11) is 1.22. The van der Waals surface area contributed by atoms with Gasteiger partial charge >= 0.3 is 12.0 Å². The van der Waals surface area contributed by atoms with E-state index in [4.69, 9.17) is 9.47 Å². The lowest BCUT2D eigenvalue weighted by atomic mass is 10.0. The maximum absolute atomic E-state index is 13.4. The first-order valence-corrected chi connectivity index (χ1v) is 9.96. The van der Waals surface area contributed by atoms with Crippen LogP contribution in [-0.4, -0.2) is 48.6 Å². The summed E-state index contributed by atoms with van der Waals surface area (Å²) in [6.45, 7) is 3.67. The first-order chi connectivity index (χ1) is 14.8. The normalized spacial score (nSPS) is 17.1. The van der Waals surface area contributed by atoms with Crippen molar-refractivity contribution in [3.05, 3.63) is 59.9 Å². The van der Waals surface area contributed by atoms with Crippen LogP contribution in [0.5, 0.6) is 0 Å². The number of hydrogen-bond donors (Lipinski definition) is 1. The van der Waals surface area contributed by atoms with Crippen LogP contribution in [0.4, 0.5) is 9.18 Å². The minimum absolute atomic E-state index is 0.0291. The molecule has 1 fully saturated rings. The molecule has 164 valence electrons. The monoisotopic (exact) mass is 428 g/mol. The van der Waals surface area contributed by atoms with Gasteiger partial charge in [0.25, 0.3) is 5.91 Å². The Balaban J connectivity index is 1.58. The molecule has 0 unspecified atom stereocenters. The molecule has 0 spiro atoms. The van der Waals surface area contributed by atoms with Crippen molar-refractivity contribution in [2.24, 2.45) is 5.92 Å². The number of amides is 3. The van der Waals surface area contributed by atoms with E-state index in [2.05, 4.69) is 5.32 Å². The third kappa shape index (κ3) is 5.08. The number of nitrogens with zero attached hydrogens (tertiary/aromatic N) is 1. The van der Waals surface area contributed by atoms with Crippen LogP contribution in [-0.2, 0) is 25.7 Å². The fourth-order valence-corrected chi connectivity index (χ4v) is 3.48. The molecular formula is C23H25FN2O5. The van der Waals surface area contributed by atoms with E-state index in [9.17, 15) is 18.8 Å². The van der Waals surface area contributed by atoms with E-state index in [0.717, 1.165) is 21.6 Å². The summed E-state index contributed by atoms with van der Waals surface area (Å²) in [5, 5.41) is 2.56. The lowest BCUT2D eigenvalue weighted by Crippen LogP contribution is -2.49. The quantitative estimate of drug-likeness (QED) is 0.516. The van der Waals surface area contributed by atoms with E-state index >= 15 is 0 Å². The fourth-order valence-electron chi connectivity index (χ4n) is 3.48. The van der Waals surface area contributed by atoms with Crippen LogP contribution in [0.1, 0.15) is 19.4 Å². The van der Waals surface area contributed by atoms with Crippen molar-refractivity contribution in [3.63, 3.8) is 0 Å². The van der Waals surface area contributed by atoms with Gasteiger partial charge in [-0.1, -0.05) is 50.2 Å². The Morgan fingerprint density at radius 3 is 2.45 bits per heavy atom. The molecule has 1 heterocycles. The van der Waals surface area contributed by atoms with E-state index in [1.165, 1.54) is 19.2 Å². The molecule has 3 amide bonds. The number of nitrogens with one attached hydrogen (secondary N) is 1. The molecule has 1 saturated heterocycles. The molecule has 3 rings (SSSR count). The maximum atomic E-state index is 13.4. The van der Waals surface area contributed by atoms with Gasteiger partial charge in [0.1, 0.15) is 17.9 Å². The van der Waals surface area contributed by atoms with Gasteiger partial charge in [-0.2, -0.15) is 0 Å². The highest BCUT2D eigenvalue weighted by Crippen LogP contribution is 2.22. The lowest BCUT2D eigenvalue weighted by Gasteiger charge is -2.26. The largest absolute Gasteiger partial charge is 0.467 e. The SMILES string of the molecule is COC(=O)[C@@H](C(C)C)N1C(=O)N[C@@H](COCc2ccc(-c3cccc(F)c3)cc2)C1=O. The van der Waals surface area contributed by atoms with Gasteiger partial charge in [0.05, 0.1) is 20.3 Å². The smallest absolute Gasteiger partial charge is 0.329 e. The Bertz CT molecular complexity index is 961. The minimum atomic E-state index is -0.988. The molecule has 2 aromatic rings. The summed E-state index contributed by atoms with van der Waals surface area (Å²) in [6, 6.07) is 11.3. The first-order valence-electron chi connectivity index (χ1n) is 9.96. The van der Waals surface area contributed by atoms with Crippen molar-refractivity contribution in [1.82, 2.24) is 10.2 Å². The second-order valence-electron chi connectivity index (χ2n) is 7.64. The number of hydrogen-bond acceptors (Lipinski definition) is 5. The van der Waals surface area contributed by atoms with Crippen LogP contribution in [0.3, 0.4) is 0 Å². The molecule has 8 heteroatoms. The number of ether oxygens (including phenoxy) is 2. The Labute approximate surface area is 180 Å². The number of rotatable bonds is 8. The van der Waals surface area contributed by atoms with Gasteiger partial charge in [0, 0.05) is 0 Å². The lowest BCUT2D eigenvalue weighted by molar-refractivity contribution is -0.151. The second-order valence-corrected chi connectivity index (χ2v) is 7.64. The average molecular weight is 428 g/mol. The highest BCUT2D eigenvalue weighted by molar-refractivity contribution is 6.07. The Morgan fingerprint density at radius 2 is 1.84 bits per heavy atom. The number of imide groups is 1. The van der Waals surface area contributed by atoms with E-state index in [1.54, 1.807) is 19.9 Å². The van der Waals surface area contributed by atoms with Crippen LogP contribution < -0.4 is 5.32 Å². The maximum Gasteiger partial charge on any atom is 0.329 e. The summed E-state index contributed by atoms with van der Waals surface area (Å²) in [6.07, 6.45) is 0. The van der Waals surface area contributed by atoms with Gasteiger partial charge in [-0.25, -0.2) is 18.9 Å². The standard InChI is InChI=1S/C23H25FN2O5/c1-14(2)20(22(28)30-3)26-21(27)19(25-23(26)29)13-31-12-15-7-9-16(10-8-15)17-5-4-6-18(24)11-17/h4-11,14,19-20H,12-13H2,1-3H3,(H,25,29)/t19-,20+/m0/s1. The van der Waals surface area contributed by atoms with Gasteiger partial charge in [0.2, 0.25) is 0 Å². The van der Waals surface area contributed by atoms with Crippen LogP contribution in [0.2, 0.25) is 0 Å². The van der Waals surface area contributed by atoms with Gasteiger partial charge in [0.15, 0.2) is 0 Å². The summed E-state index contributed by atoms with van der Waals surface area (Å²) in [4.78, 5) is 37.9. The number of carbonyl (C=O) groups excluding carboxylic acids is 3. The van der Waals surface area contributed by atoms with Crippen molar-refractivity contribution in [1.29, 1.82) is 0 Å². The van der Waals surface area contributed by atoms with Gasteiger partial charge < -0.3 is 14.8 Å². The zero-order valence-electron chi connectivity index (χ0n) is 17.6. The summed E-state index contributed by atoms with van der Waals surface area (Å²) in [5.41, 5.74) is 2.51. The average Bonchev–Trinajstić information content (AvgIpc) is 3.02. The fraction of sp³-hybridized carbons (Fsp3) is 0.348. The number of urea groups is 1. The molecule has 2 atom stereocenters. The minimum Gasteiger partial charge on any atom is -0.467 e. The van der Waals surface area contributed by atoms with Crippen LogP contribution >= 0.6 is 0 Å². The first kappa shape index (κ1) is 22.4. The van der Waals surface area contributed by atoms with Crippen molar-refractivity contribution >= 4 is 17.9 Å². The van der Waals surface area contributed by atoms with E-state index in [1.807, 2.05) is 30.3 Å². The predicted octanol–water partition coefficient (Wildman–Crippen LogP) is 3.13. The van der Waals surface area contributed by atoms with Gasteiger partial charge in [-0.05, 0) is 34.7 Å². The van der Waals surface area contributed by atoms with Crippen LogP contribution in [0.15, 0.2) is 48.5 Å². The van der Waals surface area contributed by atoms with Crippen molar-refractivity contribution < 1.29 is 28.2 Å². The number of methoxy groups -OCH3 is 1. The number of carbonyl (C=O) groups is 3.